The van der Waals surface area contributed by atoms with Crippen molar-refractivity contribution >= 4 is 5.69 Å². The van der Waals surface area contributed by atoms with E-state index in [0.717, 1.165) is 6.07 Å². The van der Waals surface area contributed by atoms with Crippen molar-refractivity contribution in [3.63, 3.8) is 0 Å². The van der Waals surface area contributed by atoms with E-state index in [1.807, 2.05) is 0 Å². The minimum atomic E-state index is -0.747. The van der Waals surface area contributed by atoms with Gasteiger partial charge in [-0.2, -0.15) is 0 Å². The van der Waals surface area contributed by atoms with E-state index >= 15 is 0 Å². The second-order valence-corrected chi connectivity index (χ2v) is 3.07. The Balaban J connectivity index is 2.68. The molecule has 2 N–H and O–H groups in total. The molecule has 0 aliphatic heterocycles. The van der Waals surface area contributed by atoms with Gasteiger partial charge in [0, 0.05) is 18.0 Å². The van der Waals surface area contributed by atoms with Crippen LogP contribution in [0.1, 0.15) is 0 Å². The fourth-order valence-electron chi connectivity index (χ4n) is 1.34. The molecule has 2 aromatic rings. The van der Waals surface area contributed by atoms with Gasteiger partial charge in [-0.05, 0) is 18.2 Å². The molecule has 15 heavy (non-hydrogen) atoms. The van der Waals surface area contributed by atoms with Gasteiger partial charge >= 0.3 is 0 Å². The van der Waals surface area contributed by atoms with Gasteiger partial charge in [0.05, 0.1) is 11.3 Å². The van der Waals surface area contributed by atoms with Crippen molar-refractivity contribution in [2.24, 2.45) is 0 Å². The molecule has 0 amide bonds. The molecular formula is C11H8F2N2. The molecule has 0 unspecified atom stereocenters. The van der Waals surface area contributed by atoms with Crippen molar-refractivity contribution in [3.05, 3.63) is 48.3 Å². The van der Waals surface area contributed by atoms with Crippen molar-refractivity contribution in [1.82, 2.24) is 4.98 Å². The van der Waals surface area contributed by atoms with Crippen LogP contribution in [0.3, 0.4) is 0 Å². The van der Waals surface area contributed by atoms with Crippen LogP contribution >= 0.6 is 0 Å². The quantitative estimate of drug-likeness (QED) is 0.728. The van der Waals surface area contributed by atoms with E-state index in [2.05, 4.69) is 4.98 Å². The summed E-state index contributed by atoms with van der Waals surface area (Å²) < 4.78 is 26.9. The summed E-state index contributed by atoms with van der Waals surface area (Å²) in [4.78, 5) is 3.80. The lowest BCUT2D eigenvalue weighted by Crippen LogP contribution is -1.96. The highest BCUT2D eigenvalue weighted by Gasteiger charge is 2.13. The summed E-state index contributed by atoms with van der Waals surface area (Å²) in [6, 6.07) is 5.52. The summed E-state index contributed by atoms with van der Waals surface area (Å²) in [5.74, 6) is -1.39. The lowest BCUT2D eigenvalue weighted by Gasteiger charge is -2.06. The lowest BCUT2D eigenvalue weighted by molar-refractivity contribution is 0.592. The summed E-state index contributed by atoms with van der Waals surface area (Å²) in [7, 11) is 0. The summed E-state index contributed by atoms with van der Waals surface area (Å²) in [5.41, 5.74) is 5.53. The number of benzene rings is 1. The molecule has 1 heterocycles. The Hall–Kier alpha value is -1.97. The van der Waals surface area contributed by atoms with E-state index in [0.29, 0.717) is 5.56 Å². The number of nitrogens with zero attached hydrogens (tertiary/aromatic N) is 1. The Kier molecular flexibility index (Phi) is 2.33. The van der Waals surface area contributed by atoms with E-state index in [1.54, 1.807) is 12.1 Å². The van der Waals surface area contributed by atoms with Crippen LogP contribution in [0.25, 0.3) is 11.1 Å². The van der Waals surface area contributed by atoms with Crippen LogP contribution in [0.15, 0.2) is 36.7 Å². The summed E-state index contributed by atoms with van der Waals surface area (Å²) in [6.07, 6.45) is 2.92. The molecule has 0 saturated carbocycles. The van der Waals surface area contributed by atoms with Gasteiger partial charge in [0.1, 0.15) is 5.82 Å². The molecular weight excluding hydrogens is 198 g/mol. The van der Waals surface area contributed by atoms with Crippen molar-refractivity contribution in [2.75, 3.05) is 5.73 Å². The number of rotatable bonds is 1. The van der Waals surface area contributed by atoms with Crippen molar-refractivity contribution < 1.29 is 8.78 Å². The Morgan fingerprint density at radius 3 is 2.60 bits per heavy atom. The first-order chi connectivity index (χ1) is 7.20. The Labute approximate surface area is 85.4 Å². The maximum atomic E-state index is 13.6. The maximum Gasteiger partial charge on any atom is 0.156 e. The summed E-state index contributed by atoms with van der Waals surface area (Å²) in [6.45, 7) is 0. The van der Waals surface area contributed by atoms with E-state index in [-0.39, 0.29) is 11.3 Å². The second-order valence-electron chi connectivity index (χ2n) is 3.07. The first kappa shape index (κ1) is 9.58. The molecule has 4 heteroatoms. The van der Waals surface area contributed by atoms with Gasteiger partial charge < -0.3 is 5.73 Å². The summed E-state index contributed by atoms with van der Waals surface area (Å²) >= 11 is 0. The van der Waals surface area contributed by atoms with E-state index in [4.69, 9.17) is 5.73 Å². The van der Waals surface area contributed by atoms with Crippen LogP contribution in [0.4, 0.5) is 14.5 Å². The van der Waals surface area contributed by atoms with Crippen molar-refractivity contribution in [2.45, 2.75) is 0 Å². The number of anilines is 1. The lowest BCUT2D eigenvalue weighted by atomic mass is 10.1. The molecule has 0 radical (unpaired) electrons. The Morgan fingerprint density at radius 2 is 1.93 bits per heavy atom. The highest BCUT2D eigenvalue weighted by atomic mass is 19.1. The standard InChI is InChI=1S/C11H8F2N2/c12-8-3-4-9(14)11(13)10(8)7-2-1-5-15-6-7/h1-6H,14H2. The number of nitrogens with two attached hydrogens (primary N) is 1. The number of hydrogen-bond acceptors (Lipinski definition) is 2. The van der Waals surface area contributed by atoms with Gasteiger partial charge in [-0.1, -0.05) is 6.07 Å². The minimum absolute atomic E-state index is 0.0738. The highest BCUT2D eigenvalue weighted by molar-refractivity contribution is 5.68. The molecule has 0 saturated heterocycles. The fourth-order valence-corrected chi connectivity index (χ4v) is 1.34. The third-order valence-corrected chi connectivity index (χ3v) is 2.07. The molecule has 2 nitrogen and oxygen atoms in total. The Bertz CT molecular complexity index is 483. The zero-order valence-electron chi connectivity index (χ0n) is 7.74. The van der Waals surface area contributed by atoms with E-state index in [1.165, 1.54) is 18.5 Å². The maximum absolute atomic E-state index is 13.6. The van der Waals surface area contributed by atoms with Gasteiger partial charge in [-0.3, -0.25) is 4.98 Å². The molecule has 0 spiro atoms. The number of halogens is 2. The van der Waals surface area contributed by atoms with Gasteiger partial charge in [-0.25, -0.2) is 8.78 Å². The number of nitrogen functional groups attached to an aromatic ring is 1. The molecule has 2 rings (SSSR count). The normalized spacial score (nSPS) is 10.3. The molecule has 1 aromatic heterocycles. The average Bonchev–Trinajstić information content (AvgIpc) is 2.26. The van der Waals surface area contributed by atoms with E-state index < -0.39 is 11.6 Å². The van der Waals surface area contributed by atoms with Crippen LogP contribution < -0.4 is 5.73 Å². The summed E-state index contributed by atoms with van der Waals surface area (Å²) in [5, 5.41) is 0. The number of hydrogen-bond donors (Lipinski definition) is 1. The van der Waals surface area contributed by atoms with Gasteiger partial charge in [-0.15, -0.1) is 0 Å². The largest absolute Gasteiger partial charge is 0.396 e. The van der Waals surface area contributed by atoms with Crippen molar-refractivity contribution in [3.8, 4) is 11.1 Å². The van der Waals surface area contributed by atoms with Crippen LogP contribution in [-0.2, 0) is 0 Å². The predicted molar refractivity (Wildman–Crippen MR) is 54.0 cm³/mol. The molecule has 0 aliphatic carbocycles. The molecule has 0 bridgehead atoms. The average molecular weight is 206 g/mol. The molecule has 0 fully saturated rings. The molecule has 0 atom stereocenters. The van der Waals surface area contributed by atoms with Crippen LogP contribution in [-0.4, -0.2) is 4.98 Å². The van der Waals surface area contributed by atoms with Crippen molar-refractivity contribution in [1.29, 1.82) is 0 Å². The van der Waals surface area contributed by atoms with Gasteiger partial charge in [0.25, 0.3) is 0 Å². The third-order valence-electron chi connectivity index (χ3n) is 2.07. The third kappa shape index (κ3) is 1.66. The monoisotopic (exact) mass is 206 g/mol. The SMILES string of the molecule is Nc1ccc(F)c(-c2cccnc2)c1F. The fraction of sp³-hybridized carbons (Fsp3) is 0. The topological polar surface area (TPSA) is 38.9 Å². The van der Waals surface area contributed by atoms with Crippen LogP contribution in [0.2, 0.25) is 0 Å². The first-order valence-corrected chi connectivity index (χ1v) is 4.34. The zero-order chi connectivity index (χ0) is 10.8. The highest BCUT2D eigenvalue weighted by Crippen LogP contribution is 2.28. The van der Waals surface area contributed by atoms with E-state index in [9.17, 15) is 8.78 Å². The van der Waals surface area contributed by atoms with Crippen LogP contribution in [0, 0.1) is 11.6 Å². The minimum Gasteiger partial charge on any atom is -0.396 e. The smallest absolute Gasteiger partial charge is 0.156 e. The van der Waals surface area contributed by atoms with Gasteiger partial charge in [0.15, 0.2) is 5.82 Å². The molecule has 0 aliphatic rings. The second kappa shape index (κ2) is 3.65. The predicted octanol–water partition coefficient (Wildman–Crippen LogP) is 2.61. The Morgan fingerprint density at radius 1 is 1.13 bits per heavy atom. The van der Waals surface area contributed by atoms with Gasteiger partial charge in [0.2, 0.25) is 0 Å². The first-order valence-electron chi connectivity index (χ1n) is 4.34. The number of aromatic nitrogens is 1. The molecule has 76 valence electrons. The zero-order valence-corrected chi connectivity index (χ0v) is 7.74. The molecule has 1 aromatic carbocycles. The van der Waals surface area contributed by atoms with Crippen LogP contribution in [0.5, 0.6) is 0 Å². The number of pyridine rings is 1.